The third kappa shape index (κ3) is 0.906. The molecule has 0 aliphatic heterocycles. The molecule has 0 aliphatic carbocycles. The van der Waals surface area contributed by atoms with E-state index in [-0.39, 0.29) is 0 Å². The molecule has 0 amide bonds. The van der Waals surface area contributed by atoms with Gasteiger partial charge in [-0.05, 0) is 0 Å². The summed E-state index contributed by atoms with van der Waals surface area (Å²) in [6, 6.07) is 5.93. The Labute approximate surface area is 67.4 Å². The van der Waals surface area contributed by atoms with Crippen molar-refractivity contribution in [2.24, 2.45) is 0 Å². The average molecular weight is 195 g/mol. The van der Waals surface area contributed by atoms with Gasteiger partial charge in [-0.1, -0.05) is 0 Å². The average Bonchev–Trinajstić information content (AvgIpc) is 2.33. The van der Waals surface area contributed by atoms with Crippen molar-refractivity contribution in [2.45, 2.75) is 0 Å². The van der Waals surface area contributed by atoms with Crippen LogP contribution in [0.15, 0.2) is 33.0 Å². The molecule has 0 N–H and O–H groups in total. The second kappa shape index (κ2) is 2.24. The second-order valence-electron chi connectivity index (χ2n) is 2.10. The third-order valence-corrected chi connectivity index (χ3v) is 1.91. The van der Waals surface area contributed by atoms with Crippen LogP contribution in [0.2, 0.25) is 0 Å². The number of fused-ring (bicyclic) bond motifs is 1. The Morgan fingerprint density at radius 1 is 1.40 bits per heavy atom. The fourth-order valence-electron chi connectivity index (χ4n) is 0.938. The molecule has 1 aromatic heterocycles. The molecule has 0 radical (unpaired) electrons. The summed E-state index contributed by atoms with van der Waals surface area (Å²) < 4.78 is 6.24. The van der Waals surface area contributed by atoms with Gasteiger partial charge in [0.2, 0.25) is 0 Å². The number of hydrogen-bond donors (Lipinski definition) is 0. The van der Waals surface area contributed by atoms with Crippen molar-refractivity contribution in [1.29, 1.82) is 0 Å². The van der Waals surface area contributed by atoms with E-state index in [4.69, 9.17) is 4.33 Å². The molecule has 0 unspecified atom stereocenters. The standard InChI is InChI=1S/C7H4BBrO/c9-6-1-2-7-5(3-6)4-8-10-7/h1-4H. The topological polar surface area (TPSA) is 13.1 Å². The quantitative estimate of drug-likeness (QED) is 0.629. The Morgan fingerprint density at radius 3 is 3.20 bits per heavy atom. The summed E-state index contributed by atoms with van der Waals surface area (Å²) in [5.41, 5.74) is 0.934. The molecule has 2 rings (SSSR count). The molecule has 0 saturated heterocycles. The van der Waals surface area contributed by atoms with Gasteiger partial charge in [0.15, 0.2) is 0 Å². The molecule has 0 saturated carbocycles. The van der Waals surface area contributed by atoms with Crippen LogP contribution in [-0.4, -0.2) is 7.13 Å². The van der Waals surface area contributed by atoms with Crippen LogP contribution < -0.4 is 0 Å². The van der Waals surface area contributed by atoms with E-state index in [0.29, 0.717) is 0 Å². The summed E-state index contributed by atoms with van der Waals surface area (Å²) >= 11 is 3.38. The summed E-state index contributed by atoms with van der Waals surface area (Å²) in [5, 5.41) is 1.13. The van der Waals surface area contributed by atoms with Gasteiger partial charge < -0.3 is 0 Å². The molecule has 3 heteroatoms. The van der Waals surface area contributed by atoms with E-state index >= 15 is 0 Å². The van der Waals surface area contributed by atoms with Gasteiger partial charge in [0.05, 0.1) is 0 Å². The van der Waals surface area contributed by atoms with Gasteiger partial charge in [0.1, 0.15) is 0 Å². The Balaban J connectivity index is 2.86. The maximum absolute atomic E-state index is 5.15. The third-order valence-electron chi connectivity index (χ3n) is 1.41. The Kier molecular flexibility index (Phi) is 1.38. The molecule has 1 heterocycles. The van der Waals surface area contributed by atoms with Crippen molar-refractivity contribution >= 4 is 34.0 Å². The van der Waals surface area contributed by atoms with E-state index < -0.39 is 0 Å². The van der Waals surface area contributed by atoms with Gasteiger partial charge >= 0.3 is 67.0 Å². The van der Waals surface area contributed by atoms with Gasteiger partial charge in [-0.2, -0.15) is 0 Å². The fourth-order valence-corrected chi connectivity index (χ4v) is 1.32. The van der Waals surface area contributed by atoms with E-state index in [2.05, 4.69) is 15.9 Å². The van der Waals surface area contributed by atoms with Crippen LogP contribution in [0.3, 0.4) is 0 Å². The van der Waals surface area contributed by atoms with Crippen LogP contribution >= 0.6 is 15.9 Å². The molecule has 1 nitrogen and oxygen atoms in total. The molecule has 0 spiro atoms. The number of halogens is 1. The summed E-state index contributed by atoms with van der Waals surface area (Å²) in [4.78, 5) is 0. The van der Waals surface area contributed by atoms with Crippen LogP contribution in [-0.2, 0) is 0 Å². The number of benzene rings is 1. The Bertz CT molecular complexity index is 355. The van der Waals surface area contributed by atoms with Crippen molar-refractivity contribution in [3.63, 3.8) is 0 Å². The first-order valence-corrected chi connectivity index (χ1v) is 3.78. The minimum atomic E-state index is 0.934. The predicted octanol–water partition coefficient (Wildman–Crippen LogP) is 2.53. The Morgan fingerprint density at radius 2 is 2.30 bits per heavy atom. The summed E-state index contributed by atoms with van der Waals surface area (Å²) in [6.45, 7) is 0. The van der Waals surface area contributed by atoms with Crippen LogP contribution in [0.4, 0.5) is 0 Å². The SMILES string of the molecule is Brc1ccc2obcc2c1. The summed E-state index contributed by atoms with van der Waals surface area (Å²) in [5.74, 6) is 1.94. The first-order valence-electron chi connectivity index (χ1n) is 2.99. The minimum absolute atomic E-state index is 0.934. The normalized spacial score (nSPS) is 10.1. The van der Waals surface area contributed by atoms with Gasteiger partial charge in [-0.25, -0.2) is 0 Å². The van der Waals surface area contributed by atoms with Crippen molar-refractivity contribution in [1.82, 2.24) is 0 Å². The van der Waals surface area contributed by atoms with E-state index in [1.54, 1.807) is 7.13 Å². The molecular formula is C7H4BBrO. The number of hydrogen-bond acceptors (Lipinski definition) is 1. The molecule has 10 heavy (non-hydrogen) atoms. The molecular weight excluding hydrogens is 191 g/mol. The summed E-state index contributed by atoms with van der Waals surface area (Å²) in [6.07, 6.45) is 0. The zero-order valence-corrected chi connectivity index (χ0v) is 6.76. The second-order valence-corrected chi connectivity index (χ2v) is 3.02. The van der Waals surface area contributed by atoms with Crippen molar-refractivity contribution in [3.05, 3.63) is 28.6 Å². The van der Waals surface area contributed by atoms with Crippen LogP contribution in [0.5, 0.6) is 0 Å². The molecule has 1 aromatic carbocycles. The van der Waals surface area contributed by atoms with Gasteiger partial charge in [0, 0.05) is 0 Å². The van der Waals surface area contributed by atoms with E-state index in [1.165, 1.54) is 0 Å². The van der Waals surface area contributed by atoms with Crippen LogP contribution in [0.25, 0.3) is 11.0 Å². The van der Waals surface area contributed by atoms with Gasteiger partial charge in [0.25, 0.3) is 0 Å². The van der Waals surface area contributed by atoms with Gasteiger partial charge in [-0.3, -0.25) is 0 Å². The molecule has 2 aromatic rings. The van der Waals surface area contributed by atoms with Crippen molar-refractivity contribution in [2.75, 3.05) is 0 Å². The Hall–Kier alpha value is -0.565. The molecule has 0 fully saturated rings. The van der Waals surface area contributed by atoms with Crippen molar-refractivity contribution in [3.8, 4) is 0 Å². The zero-order valence-electron chi connectivity index (χ0n) is 5.17. The van der Waals surface area contributed by atoms with Crippen molar-refractivity contribution < 1.29 is 4.33 Å². The first-order chi connectivity index (χ1) is 4.86. The van der Waals surface area contributed by atoms with Gasteiger partial charge in [-0.15, -0.1) is 0 Å². The van der Waals surface area contributed by atoms with E-state index in [9.17, 15) is 0 Å². The fraction of sp³-hybridized carbons (Fsp3) is 0. The zero-order chi connectivity index (χ0) is 6.97. The van der Waals surface area contributed by atoms with Crippen LogP contribution in [0.1, 0.15) is 0 Å². The van der Waals surface area contributed by atoms with E-state index in [1.807, 2.05) is 24.2 Å². The predicted molar refractivity (Wildman–Crippen MR) is 45.3 cm³/mol. The summed E-state index contributed by atoms with van der Waals surface area (Å²) in [7, 11) is 1.69. The molecule has 0 aliphatic rings. The monoisotopic (exact) mass is 194 g/mol. The molecule has 0 atom stereocenters. The molecule has 48 valence electrons. The maximum atomic E-state index is 5.15. The number of rotatable bonds is 0. The van der Waals surface area contributed by atoms with E-state index in [0.717, 1.165) is 15.4 Å². The molecule has 0 bridgehead atoms. The van der Waals surface area contributed by atoms with Crippen LogP contribution in [0, 0.1) is 0 Å². The first kappa shape index (κ1) is 6.16.